The predicted octanol–water partition coefficient (Wildman–Crippen LogP) is 3.41. The number of amides is 1. The van der Waals surface area contributed by atoms with Gasteiger partial charge in [-0.15, -0.1) is 0 Å². The topological polar surface area (TPSA) is 87.8 Å². The van der Waals surface area contributed by atoms with Crippen LogP contribution in [0.3, 0.4) is 0 Å². The van der Waals surface area contributed by atoms with Gasteiger partial charge in [-0.3, -0.25) is 4.79 Å². The summed E-state index contributed by atoms with van der Waals surface area (Å²) in [6.45, 7) is 4.06. The van der Waals surface area contributed by atoms with E-state index in [0.29, 0.717) is 18.2 Å². The van der Waals surface area contributed by atoms with Crippen molar-refractivity contribution in [3.63, 3.8) is 0 Å². The molecule has 0 bridgehead atoms. The summed E-state index contributed by atoms with van der Waals surface area (Å²) < 4.78 is 11.6. The van der Waals surface area contributed by atoms with Gasteiger partial charge in [-0.2, -0.15) is 0 Å². The average molecular weight is 409 g/mol. The lowest BCUT2D eigenvalue weighted by Gasteiger charge is -2.31. The number of aliphatic hydroxyl groups is 1. The molecule has 1 fully saturated rings. The maximum absolute atomic E-state index is 11.1. The summed E-state index contributed by atoms with van der Waals surface area (Å²) in [4.78, 5) is 17.9. The molecule has 1 amide bonds. The molecule has 1 atom stereocenters. The first kappa shape index (κ1) is 20.4. The quantitative estimate of drug-likeness (QED) is 0.622. The number of carbonyl (C=O) groups excluding carboxylic acids is 1. The number of anilines is 1. The minimum Gasteiger partial charge on any atom is -0.491 e. The fourth-order valence-corrected chi connectivity index (χ4v) is 3.81. The van der Waals surface area contributed by atoms with Crippen molar-refractivity contribution in [1.82, 2.24) is 9.88 Å². The number of aliphatic hydroxyl groups excluding tert-OH is 1. The molecule has 158 valence electrons. The smallest absolute Gasteiger partial charge is 0.221 e. The molecule has 1 unspecified atom stereocenters. The van der Waals surface area contributed by atoms with Gasteiger partial charge >= 0.3 is 0 Å². The minimum atomic E-state index is -0.569. The molecule has 0 radical (unpaired) electrons. The first-order chi connectivity index (χ1) is 14.6. The number of nitrogens with one attached hydrogen (secondary N) is 1. The van der Waals surface area contributed by atoms with Crippen LogP contribution in [0, 0.1) is 0 Å². The minimum absolute atomic E-state index is 0.112. The Labute approximate surface area is 175 Å². The van der Waals surface area contributed by atoms with Crippen LogP contribution in [0.15, 0.2) is 52.9 Å². The highest BCUT2D eigenvalue weighted by Crippen LogP contribution is 2.30. The molecular weight excluding hydrogens is 382 g/mol. The summed E-state index contributed by atoms with van der Waals surface area (Å²) in [5, 5.41) is 13.1. The van der Waals surface area contributed by atoms with E-state index in [0.717, 1.165) is 48.6 Å². The SMILES string of the molecule is CC(=O)Nc1ccc(OCC(O)CN2CCC(c3nc4ccccc4o3)CC2)cc1. The number of para-hydroxylation sites is 2. The van der Waals surface area contributed by atoms with Gasteiger partial charge in [-0.1, -0.05) is 12.1 Å². The van der Waals surface area contributed by atoms with Gasteiger partial charge in [0.1, 0.15) is 24.0 Å². The number of rotatable bonds is 7. The van der Waals surface area contributed by atoms with Crippen molar-refractivity contribution < 1.29 is 19.1 Å². The fourth-order valence-electron chi connectivity index (χ4n) is 3.81. The predicted molar refractivity (Wildman–Crippen MR) is 115 cm³/mol. The zero-order chi connectivity index (χ0) is 20.9. The Bertz CT molecular complexity index is 945. The van der Waals surface area contributed by atoms with E-state index in [1.807, 2.05) is 24.3 Å². The van der Waals surface area contributed by atoms with Crippen LogP contribution in [0.25, 0.3) is 11.1 Å². The molecule has 0 aliphatic carbocycles. The monoisotopic (exact) mass is 409 g/mol. The van der Waals surface area contributed by atoms with Gasteiger partial charge in [0.05, 0.1) is 0 Å². The van der Waals surface area contributed by atoms with E-state index in [4.69, 9.17) is 9.15 Å². The first-order valence-electron chi connectivity index (χ1n) is 10.3. The molecule has 4 rings (SSSR count). The number of β-amino-alcohol motifs (C(OH)–C–C–N with tert-alkyl or cyclic N) is 1. The molecule has 0 saturated carbocycles. The summed E-state index contributed by atoms with van der Waals surface area (Å²) >= 11 is 0. The van der Waals surface area contributed by atoms with Crippen LogP contribution in [0.2, 0.25) is 0 Å². The third kappa shape index (κ3) is 5.17. The van der Waals surface area contributed by atoms with Gasteiger partial charge in [0.15, 0.2) is 11.5 Å². The Hall–Kier alpha value is -2.90. The van der Waals surface area contributed by atoms with E-state index in [-0.39, 0.29) is 12.5 Å². The van der Waals surface area contributed by atoms with E-state index in [9.17, 15) is 9.90 Å². The van der Waals surface area contributed by atoms with E-state index < -0.39 is 6.10 Å². The van der Waals surface area contributed by atoms with Crippen LogP contribution in [0.4, 0.5) is 5.69 Å². The normalized spacial score (nSPS) is 16.5. The van der Waals surface area contributed by atoms with Crippen molar-refractivity contribution >= 4 is 22.7 Å². The second-order valence-electron chi connectivity index (χ2n) is 7.77. The van der Waals surface area contributed by atoms with E-state index in [1.54, 1.807) is 24.3 Å². The largest absolute Gasteiger partial charge is 0.491 e. The number of ether oxygens (including phenoxy) is 1. The molecule has 1 aromatic heterocycles. The Morgan fingerprint density at radius 2 is 1.97 bits per heavy atom. The molecule has 30 heavy (non-hydrogen) atoms. The first-order valence-corrected chi connectivity index (χ1v) is 10.3. The van der Waals surface area contributed by atoms with Gasteiger partial charge in [0.25, 0.3) is 0 Å². The molecular formula is C23H27N3O4. The van der Waals surface area contributed by atoms with Crippen LogP contribution < -0.4 is 10.1 Å². The van der Waals surface area contributed by atoms with Crippen LogP contribution >= 0.6 is 0 Å². The van der Waals surface area contributed by atoms with Gasteiger partial charge in [-0.25, -0.2) is 4.98 Å². The number of aromatic nitrogens is 1. The summed E-state index contributed by atoms with van der Waals surface area (Å²) in [5.41, 5.74) is 2.47. The molecule has 2 heterocycles. The third-order valence-corrected chi connectivity index (χ3v) is 5.33. The molecule has 3 aromatic rings. The third-order valence-electron chi connectivity index (χ3n) is 5.33. The summed E-state index contributed by atoms with van der Waals surface area (Å²) in [7, 11) is 0. The van der Waals surface area contributed by atoms with Crippen LogP contribution in [0.5, 0.6) is 5.75 Å². The lowest BCUT2D eigenvalue weighted by molar-refractivity contribution is -0.114. The van der Waals surface area contributed by atoms with Crippen molar-refractivity contribution in [2.45, 2.75) is 31.8 Å². The number of oxazole rings is 1. The lowest BCUT2D eigenvalue weighted by Crippen LogP contribution is -2.40. The van der Waals surface area contributed by atoms with E-state index in [1.165, 1.54) is 6.92 Å². The molecule has 7 nitrogen and oxygen atoms in total. The standard InChI is InChI=1S/C23H27N3O4/c1-16(27)24-18-6-8-20(9-7-18)29-15-19(28)14-26-12-10-17(11-13-26)23-25-21-4-2-3-5-22(21)30-23/h2-9,17,19,28H,10-15H2,1H3,(H,24,27). The zero-order valence-corrected chi connectivity index (χ0v) is 17.1. The van der Waals surface area contributed by atoms with Crippen molar-refractivity contribution in [3.8, 4) is 5.75 Å². The van der Waals surface area contributed by atoms with Gasteiger partial charge in [0.2, 0.25) is 5.91 Å². The molecule has 2 aromatic carbocycles. The lowest BCUT2D eigenvalue weighted by atomic mass is 9.96. The molecule has 0 spiro atoms. The summed E-state index contributed by atoms with van der Waals surface area (Å²) in [5.74, 6) is 1.70. The summed E-state index contributed by atoms with van der Waals surface area (Å²) in [6, 6.07) is 15.0. The number of piperidine rings is 1. The second kappa shape index (κ2) is 9.28. The number of benzene rings is 2. The van der Waals surface area contributed by atoms with Crippen molar-refractivity contribution in [2.24, 2.45) is 0 Å². The Kier molecular flexibility index (Phi) is 6.30. The van der Waals surface area contributed by atoms with Gasteiger partial charge in [0, 0.05) is 25.1 Å². The van der Waals surface area contributed by atoms with Crippen molar-refractivity contribution in [2.75, 3.05) is 31.6 Å². The number of hydrogen-bond donors (Lipinski definition) is 2. The van der Waals surface area contributed by atoms with Crippen LogP contribution in [-0.2, 0) is 4.79 Å². The fraction of sp³-hybridized carbons (Fsp3) is 0.391. The summed E-state index contributed by atoms with van der Waals surface area (Å²) in [6.07, 6.45) is 1.36. The number of likely N-dealkylation sites (tertiary alicyclic amines) is 1. The molecule has 1 aliphatic rings. The molecule has 7 heteroatoms. The second-order valence-corrected chi connectivity index (χ2v) is 7.77. The average Bonchev–Trinajstić information content (AvgIpc) is 3.18. The Morgan fingerprint density at radius 1 is 1.23 bits per heavy atom. The highest BCUT2D eigenvalue weighted by molar-refractivity contribution is 5.88. The molecule has 1 saturated heterocycles. The van der Waals surface area contributed by atoms with E-state index >= 15 is 0 Å². The number of hydrogen-bond acceptors (Lipinski definition) is 6. The maximum atomic E-state index is 11.1. The van der Waals surface area contributed by atoms with Crippen LogP contribution in [0.1, 0.15) is 31.6 Å². The highest BCUT2D eigenvalue weighted by Gasteiger charge is 2.25. The van der Waals surface area contributed by atoms with Gasteiger partial charge in [-0.05, 0) is 62.3 Å². The Balaban J connectivity index is 1.21. The number of nitrogens with zero attached hydrogens (tertiary/aromatic N) is 2. The number of carbonyl (C=O) groups is 1. The number of fused-ring (bicyclic) bond motifs is 1. The maximum Gasteiger partial charge on any atom is 0.221 e. The zero-order valence-electron chi connectivity index (χ0n) is 17.1. The molecule has 1 aliphatic heterocycles. The van der Waals surface area contributed by atoms with E-state index in [2.05, 4.69) is 15.2 Å². The van der Waals surface area contributed by atoms with Crippen LogP contribution in [-0.4, -0.2) is 53.2 Å². The van der Waals surface area contributed by atoms with Gasteiger partial charge < -0.3 is 24.5 Å². The van der Waals surface area contributed by atoms with Crippen molar-refractivity contribution in [1.29, 1.82) is 0 Å². The van der Waals surface area contributed by atoms with Crippen molar-refractivity contribution in [3.05, 3.63) is 54.4 Å². The highest BCUT2D eigenvalue weighted by atomic mass is 16.5. The Morgan fingerprint density at radius 3 is 2.67 bits per heavy atom. The molecule has 2 N–H and O–H groups in total.